The van der Waals surface area contributed by atoms with Gasteiger partial charge in [0.25, 0.3) is 0 Å². The zero-order valence-electron chi connectivity index (χ0n) is 10.6. The SMILES string of the molecule is NCCCC[C@H](NC(Cc1cnc[nH]1)N=O)C(=O)O. The molecule has 0 bridgehead atoms. The molecule has 8 heteroatoms. The zero-order chi connectivity index (χ0) is 14.1. The summed E-state index contributed by atoms with van der Waals surface area (Å²) >= 11 is 0. The van der Waals surface area contributed by atoms with Crippen molar-refractivity contribution in [2.24, 2.45) is 10.9 Å². The molecule has 106 valence electrons. The van der Waals surface area contributed by atoms with Gasteiger partial charge < -0.3 is 15.8 Å². The Kier molecular flexibility index (Phi) is 6.69. The maximum Gasteiger partial charge on any atom is 0.320 e. The number of aromatic amines is 1. The van der Waals surface area contributed by atoms with Gasteiger partial charge in [0.2, 0.25) is 0 Å². The predicted octanol–water partition coefficient (Wildman–Crippen LogP) is 0.216. The first-order chi connectivity index (χ1) is 9.17. The van der Waals surface area contributed by atoms with Crippen LogP contribution in [0.15, 0.2) is 17.7 Å². The van der Waals surface area contributed by atoms with E-state index in [1.54, 1.807) is 6.20 Å². The van der Waals surface area contributed by atoms with E-state index >= 15 is 0 Å². The summed E-state index contributed by atoms with van der Waals surface area (Å²) in [5.41, 5.74) is 6.09. The second kappa shape index (κ2) is 8.33. The minimum atomic E-state index is -0.990. The average Bonchev–Trinajstić information content (AvgIpc) is 2.89. The highest BCUT2D eigenvalue weighted by atomic mass is 16.4. The fourth-order valence-electron chi connectivity index (χ4n) is 1.73. The molecule has 1 unspecified atom stereocenters. The minimum Gasteiger partial charge on any atom is -0.480 e. The zero-order valence-corrected chi connectivity index (χ0v) is 10.6. The van der Waals surface area contributed by atoms with Crippen LogP contribution in [0.1, 0.15) is 25.0 Å². The fraction of sp³-hybridized carbons (Fsp3) is 0.636. The largest absolute Gasteiger partial charge is 0.480 e. The lowest BCUT2D eigenvalue weighted by atomic mass is 10.1. The molecule has 0 aromatic carbocycles. The van der Waals surface area contributed by atoms with E-state index in [2.05, 4.69) is 20.5 Å². The van der Waals surface area contributed by atoms with Crippen LogP contribution in [-0.4, -0.2) is 39.8 Å². The van der Waals surface area contributed by atoms with Crippen LogP contribution in [0.5, 0.6) is 0 Å². The Morgan fingerprint density at radius 3 is 2.89 bits per heavy atom. The van der Waals surface area contributed by atoms with E-state index in [1.165, 1.54) is 6.33 Å². The molecule has 0 aliphatic carbocycles. The number of unbranched alkanes of at least 4 members (excludes halogenated alkanes) is 1. The van der Waals surface area contributed by atoms with Crippen LogP contribution in [0.4, 0.5) is 0 Å². The highest BCUT2D eigenvalue weighted by Crippen LogP contribution is 2.05. The van der Waals surface area contributed by atoms with Crippen molar-refractivity contribution in [1.29, 1.82) is 0 Å². The van der Waals surface area contributed by atoms with Crippen LogP contribution >= 0.6 is 0 Å². The summed E-state index contributed by atoms with van der Waals surface area (Å²) in [7, 11) is 0. The number of imidazole rings is 1. The Balaban J connectivity index is 2.49. The summed E-state index contributed by atoms with van der Waals surface area (Å²) in [6.45, 7) is 0.524. The van der Waals surface area contributed by atoms with E-state index in [4.69, 9.17) is 10.8 Å². The summed E-state index contributed by atoms with van der Waals surface area (Å²) < 4.78 is 0. The van der Waals surface area contributed by atoms with Crippen LogP contribution in [0.3, 0.4) is 0 Å². The van der Waals surface area contributed by atoms with Gasteiger partial charge >= 0.3 is 5.97 Å². The minimum absolute atomic E-state index is 0.282. The molecule has 0 radical (unpaired) electrons. The van der Waals surface area contributed by atoms with Crippen LogP contribution < -0.4 is 11.1 Å². The monoisotopic (exact) mass is 269 g/mol. The number of carbonyl (C=O) groups is 1. The Bertz CT molecular complexity index is 382. The Labute approximate surface area is 110 Å². The molecule has 1 aromatic rings. The standard InChI is InChI=1S/C11H19N5O3/c12-4-2-1-3-9(11(17)18)15-10(16-19)5-8-6-13-7-14-8/h6-7,9-10,15H,1-5,12H2,(H,13,14)(H,17,18)/t9-,10?/m0/s1. The number of H-pyrrole nitrogens is 1. The molecule has 19 heavy (non-hydrogen) atoms. The molecule has 0 amide bonds. The van der Waals surface area contributed by atoms with E-state index < -0.39 is 18.2 Å². The second-order valence-corrected chi connectivity index (χ2v) is 4.24. The molecular weight excluding hydrogens is 250 g/mol. The van der Waals surface area contributed by atoms with Crippen molar-refractivity contribution in [3.63, 3.8) is 0 Å². The van der Waals surface area contributed by atoms with Crippen LogP contribution in [0, 0.1) is 4.91 Å². The molecule has 1 aromatic heterocycles. The van der Waals surface area contributed by atoms with Crippen molar-refractivity contribution in [3.05, 3.63) is 23.1 Å². The van der Waals surface area contributed by atoms with Crippen molar-refractivity contribution in [2.75, 3.05) is 6.54 Å². The molecule has 0 aliphatic heterocycles. The van der Waals surface area contributed by atoms with Gasteiger partial charge in [-0.25, -0.2) is 4.98 Å². The smallest absolute Gasteiger partial charge is 0.320 e. The first-order valence-electron chi connectivity index (χ1n) is 6.16. The topological polar surface area (TPSA) is 133 Å². The molecule has 0 spiro atoms. The van der Waals surface area contributed by atoms with E-state index in [9.17, 15) is 9.70 Å². The summed E-state index contributed by atoms with van der Waals surface area (Å²) in [4.78, 5) is 28.5. The molecule has 0 saturated carbocycles. The fourth-order valence-corrected chi connectivity index (χ4v) is 1.73. The van der Waals surface area contributed by atoms with Crippen LogP contribution in [-0.2, 0) is 11.2 Å². The number of aromatic nitrogens is 2. The lowest BCUT2D eigenvalue weighted by Gasteiger charge is -2.17. The number of nitrogens with zero attached hydrogens (tertiary/aromatic N) is 2. The van der Waals surface area contributed by atoms with Gasteiger partial charge in [-0.2, -0.15) is 0 Å². The number of nitrogens with one attached hydrogen (secondary N) is 2. The van der Waals surface area contributed by atoms with Gasteiger partial charge in [-0.05, 0) is 19.4 Å². The van der Waals surface area contributed by atoms with E-state index in [0.717, 1.165) is 12.1 Å². The Morgan fingerprint density at radius 1 is 1.58 bits per heavy atom. The Hall–Kier alpha value is -1.80. The normalized spacial score (nSPS) is 13.9. The summed E-state index contributed by atoms with van der Waals surface area (Å²) in [6.07, 6.45) is 4.42. The van der Waals surface area contributed by atoms with Gasteiger partial charge in [-0.15, -0.1) is 4.91 Å². The number of hydrogen-bond donors (Lipinski definition) is 4. The number of aliphatic carboxylic acids is 1. The quantitative estimate of drug-likeness (QED) is 0.354. The van der Waals surface area contributed by atoms with E-state index in [0.29, 0.717) is 19.4 Å². The van der Waals surface area contributed by atoms with E-state index in [1.807, 2.05) is 0 Å². The second-order valence-electron chi connectivity index (χ2n) is 4.24. The van der Waals surface area contributed by atoms with Gasteiger partial charge in [0, 0.05) is 18.3 Å². The number of rotatable bonds is 10. The van der Waals surface area contributed by atoms with Crippen LogP contribution in [0.2, 0.25) is 0 Å². The number of hydrogen-bond acceptors (Lipinski definition) is 6. The van der Waals surface area contributed by atoms with Crippen molar-refractivity contribution in [3.8, 4) is 0 Å². The first kappa shape index (κ1) is 15.3. The third-order valence-corrected chi connectivity index (χ3v) is 2.73. The summed E-state index contributed by atoms with van der Waals surface area (Å²) in [6, 6.07) is -0.794. The lowest BCUT2D eigenvalue weighted by molar-refractivity contribution is -0.139. The highest BCUT2D eigenvalue weighted by Gasteiger charge is 2.22. The van der Waals surface area contributed by atoms with Crippen molar-refractivity contribution in [1.82, 2.24) is 15.3 Å². The van der Waals surface area contributed by atoms with E-state index in [-0.39, 0.29) is 6.42 Å². The maximum atomic E-state index is 11.1. The van der Waals surface area contributed by atoms with Gasteiger partial charge in [-0.3, -0.25) is 10.1 Å². The molecule has 8 nitrogen and oxygen atoms in total. The first-order valence-corrected chi connectivity index (χ1v) is 6.16. The third kappa shape index (κ3) is 5.58. The molecular formula is C11H19N5O3. The number of nitrogens with two attached hydrogens (primary N) is 1. The van der Waals surface area contributed by atoms with Crippen molar-refractivity contribution in [2.45, 2.75) is 37.9 Å². The maximum absolute atomic E-state index is 11.1. The van der Waals surface area contributed by atoms with Gasteiger partial charge in [-0.1, -0.05) is 11.6 Å². The number of carboxylic acids is 1. The Morgan fingerprint density at radius 2 is 2.37 bits per heavy atom. The molecule has 1 rings (SSSR count). The number of nitroso groups, excluding NO2 is 1. The van der Waals surface area contributed by atoms with Crippen molar-refractivity contribution < 1.29 is 9.90 Å². The van der Waals surface area contributed by atoms with Gasteiger partial charge in [0.05, 0.1) is 6.33 Å². The van der Waals surface area contributed by atoms with Crippen LogP contribution in [0.25, 0.3) is 0 Å². The molecule has 0 saturated heterocycles. The summed E-state index contributed by atoms with van der Waals surface area (Å²) in [5.74, 6) is -0.990. The highest BCUT2D eigenvalue weighted by molar-refractivity contribution is 5.73. The molecule has 1 heterocycles. The van der Waals surface area contributed by atoms with Gasteiger partial charge in [0.15, 0.2) is 0 Å². The molecule has 5 N–H and O–H groups in total. The molecule has 0 aliphatic rings. The average molecular weight is 269 g/mol. The molecule has 2 atom stereocenters. The lowest BCUT2D eigenvalue weighted by Crippen LogP contribution is -2.43. The number of carboxylic acid groups (broad SMARTS) is 1. The van der Waals surface area contributed by atoms with Gasteiger partial charge in [0.1, 0.15) is 12.2 Å². The molecule has 0 fully saturated rings. The predicted molar refractivity (Wildman–Crippen MR) is 69.3 cm³/mol. The van der Waals surface area contributed by atoms with Crippen molar-refractivity contribution >= 4 is 5.97 Å². The summed E-state index contributed by atoms with van der Waals surface area (Å²) in [5, 5.41) is 14.7. The third-order valence-electron chi connectivity index (χ3n) is 2.73.